The van der Waals surface area contributed by atoms with Gasteiger partial charge in [-0.2, -0.15) is 0 Å². The monoisotopic (exact) mass is 497 g/mol. The Morgan fingerprint density at radius 2 is 1.76 bits per heavy atom. The van der Waals surface area contributed by atoms with Crippen molar-refractivity contribution in [3.05, 3.63) is 90.7 Å². The van der Waals surface area contributed by atoms with Gasteiger partial charge in [0.1, 0.15) is 0 Å². The molecule has 37 heavy (non-hydrogen) atoms. The van der Waals surface area contributed by atoms with Crippen molar-refractivity contribution in [2.45, 2.75) is 13.1 Å². The van der Waals surface area contributed by atoms with E-state index in [1.165, 1.54) is 5.56 Å². The van der Waals surface area contributed by atoms with Crippen LogP contribution < -0.4 is 10.6 Å². The molecule has 0 unspecified atom stereocenters. The molecular weight excluding hydrogens is 458 g/mol. The minimum Gasteiger partial charge on any atom is -0.388 e. The Hall–Kier alpha value is -3.52. The highest BCUT2D eigenvalue weighted by Gasteiger charge is 2.15. The maximum atomic E-state index is 4.56. The highest BCUT2D eigenvalue weighted by Crippen LogP contribution is 2.32. The van der Waals surface area contributed by atoms with Gasteiger partial charge in [0.15, 0.2) is 0 Å². The largest absolute Gasteiger partial charge is 0.388 e. The third kappa shape index (κ3) is 7.04. The van der Waals surface area contributed by atoms with Crippen LogP contribution in [0.1, 0.15) is 16.8 Å². The van der Waals surface area contributed by atoms with Crippen LogP contribution in [0.15, 0.2) is 73.8 Å². The molecule has 0 radical (unpaired) electrons. The molecule has 4 rings (SSSR count). The number of aromatic nitrogens is 2. The average Bonchev–Trinajstić information content (AvgIpc) is 2.90. The molecule has 1 aliphatic rings. The third-order valence-electron chi connectivity index (χ3n) is 6.71. The molecule has 7 heteroatoms. The first-order valence-electron chi connectivity index (χ1n) is 12.7. The lowest BCUT2D eigenvalue weighted by Crippen LogP contribution is -2.43. The molecule has 1 saturated heterocycles. The quantitative estimate of drug-likeness (QED) is 0.396. The van der Waals surface area contributed by atoms with Gasteiger partial charge in [0, 0.05) is 81.2 Å². The van der Waals surface area contributed by atoms with Crippen LogP contribution in [0.2, 0.25) is 0 Å². The molecule has 0 bridgehead atoms. The van der Waals surface area contributed by atoms with E-state index in [-0.39, 0.29) is 0 Å². The van der Waals surface area contributed by atoms with Crippen molar-refractivity contribution in [3.8, 4) is 11.1 Å². The first kappa shape index (κ1) is 26.5. The van der Waals surface area contributed by atoms with E-state index >= 15 is 0 Å². The Labute approximate surface area is 221 Å². The van der Waals surface area contributed by atoms with Gasteiger partial charge >= 0.3 is 0 Å². The highest BCUT2D eigenvalue weighted by atomic mass is 15.2. The maximum absolute atomic E-state index is 4.56. The van der Waals surface area contributed by atoms with E-state index in [1.807, 2.05) is 51.9 Å². The molecule has 0 saturated carbocycles. The van der Waals surface area contributed by atoms with E-state index in [2.05, 4.69) is 79.8 Å². The topological polar surface area (TPSA) is 59.6 Å². The lowest BCUT2D eigenvalue weighted by Gasteiger charge is -2.32. The number of hydrogen-bond donors (Lipinski definition) is 2. The molecule has 0 atom stereocenters. The zero-order valence-corrected chi connectivity index (χ0v) is 22.6. The van der Waals surface area contributed by atoms with Crippen LogP contribution in [-0.2, 0) is 13.1 Å². The molecule has 7 nitrogen and oxygen atoms in total. The molecule has 194 valence electrons. The molecule has 3 aromatic rings. The summed E-state index contributed by atoms with van der Waals surface area (Å²) < 4.78 is 0. The second-order valence-electron chi connectivity index (χ2n) is 10.0. The van der Waals surface area contributed by atoms with Crippen LogP contribution in [0.25, 0.3) is 16.7 Å². The van der Waals surface area contributed by atoms with Crippen LogP contribution in [0.4, 0.5) is 11.4 Å². The summed E-state index contributed by atoms with van der Waals surface area (Å²) in [4.78, 5) is 16.1. The summed E-state index contributed by atoms with van der Waals surface area (Å²) in [6, 6.07) is 12.7. The molecule has 2 aromatic heterocycles. The number of nitrogens with zero attached hydrogens (tertiary/aromatic N) is 5. The summed E-state index contributed by atoms with van der Waals surface area (Å²) in [5.74, 6) is 0. The van der Waals surface area contributed by atoms with Crippen molar-refractivity contribution in [3.63, 3.8) is 0 Å². The number of hydrogen-bond acceptors (Lipinski definition) is 7. The van der Waals surface area contributed by atoms with Crippen LogP contribution >= 0.6 is 0 Å². The van der Waals surface area contributed by atoms with E-state index in [0.717, 1.165) is 84.3 Å². The molecular formula is C30H39N7. The van der Waals surface area contributed by atoms with Gasteiger partial charge in [-0.15, -0.1) is 0 Å². The van der Waals surface area contributed by atoms with Crippen LogP contribution in [-0.4, -0.2) is 79.0 Å². The molecule has 3 heterocycles. The lowest BCUT2D eigenvalue weighted by atomic mass is 9.96. The lowest BCUT2D eigenvalue weighted by molar-refractivity contribution is 0.148. The summed E-state index contributed by atoms with van der Waals surface area (Å²) in [7, 11) is 8.18. The maximum Gasteiger partial charge on any atom is 0.0570 e. The summed E-state index contributed by atoms with van der Waals surface area (Å²) in [5, 5.41) is 6.67. The van der Waals surface area contributed by atoms with Gasteiger partial charge in [0.05, 0.1) is 17.6 Å². The number of pyridine rings is 2. The van der Waals surface area contributed by atoms with E-state index in [1.54, 1.807) is 0 Å². The first-order chi connectivity index (χ1) is 17.8. The number of allylic oxidation sites excluding steroid dienone is 1. The molecule has 2 N–H and O–H groups in total. The summed E-state index contributed by atoms with van der Waals surface area (Å²) in [6.45, 7) is 14.8. The van der Waals surface area contributed by atoms with Crippen molar-refractivity contribution in [2.24, 2.45) is 0 Å². The SMILES string of the molecule is C=C(Nc1ccc(CN(C)C)nc1)C(=C)c1cc(-c2cncc(CN3CCN(C)CC3)c2)ccc1NC. The van der Waals surface area contributed by atoms with E-state index in [9.17, 15) is 0 Å². The fourth-order valence-electron chi connectivity index (χ4n) is 4.52. The fraction of sp³-hybridized carbons (Fsp3) is 0.333. The van der Waals surface area contributed by atoms with Crippen LogP contribution in [0.5, 0.6) is 0 Å². The second-order valence-corrected chi connectivity index (χ2v) is 10.0. The normalized spacial score (nSPS) is 14.5. The molecule has 0 spiro atoms. The van der Waals surface area contributed by atoms with Gasteiger partial charge < -0.3 is 20.4 Å². The second kappa shape index (κ2) is 12.1. The van der Waals surface area contributed by atoms with Gasteiger partial charge in [0.2, 0.25) is 0 Å². The Balaban J connectivity index is 1.50. The van der Waals surface area contributed by atoms with Crippen molar-refractivity contribution >= 4 is 16.9 Å². The summed E-state index contributed by atoms with van der Waals surface area (Å²) in [5.41, 5.74) is 8.90. The van der Waals surface area contributed by atoms with Gasteiger partial charge in [-0.1, -0.05) is 19.2 Å². The van der Waals surface area contributed by atoms with E-state index in [4.69, 9.17) is 0 Å². The number of rotatable bonds is 10. The number of piperazine rings is 1. The molecule has 1 aliphatic heterocycles. The van der Waals surface area contributed by atoms with E-state index in [0.29, 0.717) is 0 Å². The Bertz CT molecular complexity index is 1220. The van der Waals surface area contributed by atoms with Gasteiger partial charge in [0.25, 0.3) is 0 Å². The van der Waals surface area contributed by atoms with E-state index < -0.39 is 0 Å². The highest BCUT2D eigenvalue weighted by molar-refractivity contribution is 5.88. The fourth-order valence-corrected chi connectivity index (χ4v) is 4.52. The Morgan fingerprint density at radius 3 is 2.43 bits per heavy atom. The van der Waals surface area contributed by atoms with Gasteiger partial charge in [-0.05, 0) is 68.2 Å². The van der Waals surface area contributed by atoms with Gasteiger partial charge in [-0.3, -0.25) is 14.9 Å². The summed E-state index contributed by atoms with van der Waals surface area (Å²) >= 11 is 0. The van der Waals surface area contributed by atoms with Crippen molar-refractivity contribution < 1.29 is 0 Å². The molecule has 0 amide bonds. The minimum absolute atomic E-state index is 0.734. The summed E-state index contributed by atoms with van der Waals surface area (Å²) in [6.07, 6.45) is 5.75. The Kier molecular flexibility index (Phi) is 8.71. The van der Waals surface area contributed by atoms with Crippen LogP contribution in [0, 0.1) is 0 Å². The Morgan fingerprint density at radius 1 is 0.973 bits per heavy atom. The number of likely N-dealkylation sites (N-methyl/N-ethyl adjacent to an activating group) is 1. The first-order valence-corrected chi connectivity index (χ1v) is 12.7. The van der Waals surface area contributed by atoms with Crippen molar-refractivity contribution in [2.75, 3.05) is 65.0 Å². The van der Waals surface area contributed by atoms with Crippen molar-refractivity contribution in [1.82, 2.24) is 24.7 Å². The van der Waals surface area contributed by atoms with Crippen LogP contribution in [0.3, 0.4) is 0 Å². The number of benzene rings is 1. The number of anilines is 2. The average molecular weight is 498 g/mol. The predicted octanol–water partition coefficient (Wildman–Crippen LogP) is 4.63. The van der Waals surface area contributed by atoms with Gasteiger partial charge in [-0.25, -0.2) is 0 Å². The molecule has 1 aromatic carbocycles. The zero-order valence-electron chi connectivity index (χ0n) is 22.6. The molecule has 1 fully saturated rings. The minimum atomic E-state index is 0.734. The smallest absolute Gasteiger partial charge is 0.0570 e. The standard InChI is InChI=1S/C30H39N7/c1-22(23(2)34-27-8-9-28(33-19-27)21-35(4)5)29-16-25(7-10-30(29)31-3)26-15-24(17-32-18-26)20-37-13-11-36(6)12-14-37/h7-10,15-19,31,34H,1-2,11-14,20-21H2,3-6H3. The predicted molar refractivity (Wildman–Crippen MR) is 155 cm³/mol. The zero-order chi connectivity index (χ0) is 26.4. The van der Waals surface area contributed by atoms with Crippen molar-refractivity contribution in [1.29, 1.82) is 0 Å². The third-order valence-corrected chi connectivity index (χ3v) is 6.71. The molecule has 0 aliphatic carbocycles. The number of nitrogens with one attached hydrogen (secondary N) is 2.